The van der Waals surface area contributed by atoms with Crippen LogP contribution in [0.5, 0.6) is 0 Å². The van der Waals surface area contributed by atoms with Gasteiger partial charge in [-0.2, -0.15) is 0 Å². The monoisotopic (exact) mass is 361 g/mol. The zero-order valence-electron chi connectivity index (χ0n) is 12.4. The van der Waals surface area contributed by atoms with Gasteiger partial charge in [0.25, 0.3) is 0 Å². The molecule has 2 N–H and O–H groups in total. The fourth-order valence-corrected chi connectivity index (χ4v) is 3.65. The van der Waals surface area contributed by atoms with Gasteiger partial charge < -0.3 is 10.6 Å². The van der Waals surface area contributed by atoms with Crippen molar-refractivity contribution < 1.29 is 4.79 Å². The number of rotatable bonds is 8. The van der Waals surface area contributed by atoms with Gasteiger partial charge in [0, 0.05) is 53.4 Å². The van der Waals surface area contributed by atoms with Gasteiger partial charge in [-0.15, -0.1) is 11.3 Å². The van der Waals surface area contributed by atoms with Crippen LogP contribution in [0.15, 0.2) is 15.9 Å². The second kappa shape index (κ2) is 8.77. The van der Waals surface area contributed by atoms with E-state index in [0.29, 0.717) is 13.0 Å². The second-order valence-corrected chi connectivity index (χ2v) is 6.72. The van der Waals surface area contributed by atoms with Crippen LogP contribution in [-0.2, 0) is 11.3 Å². The molecule has 1 rings (SSSR count). The average Bonchev–Trinajstić information content (AvgIpc) is 2.82. The molecule has 1 atom stereocenters. The normalized spacial score (nSPS) is 12.7. The quantitative estimate of drug-likeness (QED) is 0.773. The fraction of sp³-hybridized carbons (Fsp3) is 0.643. The number of halogens is 1. The summed E-state index contributed by atoms with van der Waals surface area (Å²) in [6, 6.07) is 2.20. The lowest BCUT2D eigenvalue weighted by molar-refractivity contribution is -0.132. The second-order valence-electron chi connectivity index (χ2n) is 4.81. The van der Waals surface area contributed by atoms with Crippen LogP contribution >= 0.6 is 27.3 Å². The van der Waals surface area contributed by atoms with Crippen molar-refractivity contribution in [2.75, 3.05) is 26.7 Å². The highest BCUT2D eigenvalue weighted by atomic mass is 79.9. The Morgan fingerprint density at radius 2 is 2.10 bits per heavy atom. The largest absolute Gasteiger partial charge is 0.343 e. The van der Waals surface area contributed by atoms with Gasteiger partial charge in [0.05, 0.1) is 0 Å². The summed E-state index contributed by atoms with van der Waals surface area (Å²) in [5, 5.41) is 2.07. The molecule has 0 aromatic carbocycles. The van der Waals surface area contributed by atoms with Gasteiger partial charge in [0.1, 0.15) is 0 Å². The number of hydrogen-bond donors (Lipinski definition) is 1. The molecule has 20 heavy (non-hydrogen) atoms. The predicted octanol–water partition coefficient (Wildman–Crippen LogP) is 2.53. The SMILES string of the molecule is CCN(CC)C(=O)CC(CN)N(C)Cc1cc(Br)cs1. The lowest BCUT2D eigenvalue weighted by Gasteiger charge is -2.28. The summed E-state index contributed by atoms with van der Waals surface area (Å²) >= 11 is 5.18. The maximum absolute atomic E-state index is 12.2. The molecule has 0 saturated carbocycles. The third-order valence-electron chi connectivity index (χ3n) is 3.45. The average molecular weight is 362 g/mol. The molecular weight excluding hydrogens is 338 g/mol. The Kier molecular flexibility index (Phi) is 7.72. The van der Waals surface area contributed by atoms with Gasteiger partial charge in [-0.1, -0.05) is 0 Å². The number of nitrogens with zero attached hydrogens (tertiary/aromatic N) is 2. The van der Waals surface area contributed by atoms with Crippen molar-refractivity contribution in [3.63, 3.8) is 0 Å². The molecule has 0 spiro atoms. The number of thiophene rings is 1. The molecular formula is C14H24BrN3OS. The van der Waals surface area contributed by atoms with Gasteiger partial charge in [0.2, 0.25) is 5.91 Å². The molecule has 1 unspecified atom stereocenters. The van der Waals surface area contributed by atoms with Crippen LogP contribution in [0.3, 0.4) is 0 Å². The van der Waals surface area contributed by atoms with Crippen molar-refractivity contribution in [3.05, 3.63) is 20.8 Å². The molecule has 1 amide bonds. The van der Waals surface area contributed by atoms with E-state index in [2.05, 4.69) is 32.3 Å². The molecule has 1 aromatic rings. The Morgan fingerprint density at radius 3 is 2.55 bits per heavy atom. The van der Waals surface area contributed by atoms with Crippen molar-refractivity contribution in [2.24, 2.45) is 5.73 Å². The summed E-state index contributed by atoms with van der Waals surface area (Å²) in [4.78, 5) is 17.5. The Morgan fingerprint density at radius 1 is 1.45 bits per heavy atom. The molecule has 114 valence electrons. The molecule has 0 fully saturated rings. The van der Waals surface area contributed by atoms with E-state index in [1.807, 2.05) is 25.8 Å². The highest BCUT2D eigenvalue weighted by Gasteiger charge is 2.20. The van der Waals surface area contributed by atoms with Gasteiger partial charge >= 0.3 is 0 Å². The molecule has 0 bridgehead atoms. The van der Waals surface area contributed by atoms with Crippen LogP contribution in [0.2, 0.25) is 0 Å². The zero-order valence-corrected chi connectivity index (χ0v) is 14.8. The van der Waals surface area contributed by atoms with Crippen LogP contribution in [0, 0.1) is 0 Å². The third-order valence-corrected chi connectivity index (χ3v) is 5.13. The number of carbonyl (C=O) groups is 1. The van der Waals surface area contributed by atoms with E-state index in [1.165, 1.54) is 4.88 Å². The lowest BCUT2D eigenvalue weighted by Crippen LogP contribution is -2.42. The summed E-state index contributed by atoms with van der Waals surface area (Å²) < 4.78 is 1.11. The number of hydrogen-bond acceptors (Lipinski definition) is 4. The Bertz CT molecular complexity index is 420. The minimum absolute atomic E-state index is 0.0870. The molecule has 4 nitrogen and oxygen atoms in total. The van der Waals surface area contributed by atoms with Crippen molar-refractivity contribution in [2.45, 2.75) is 32.9 Å². The topological polar surface area (TPSA) is 49.6 Å². The van der Waals surface area contributed by atoms with E-state index in [1.54, 1.807) is 11.3 Å². The van der Waals surface area contributed by atoms with E-state index in [0.717, 1.165) is 24.1 Å². The number of carbonyl (C=O) groups excluding carboxylic acids is 1. The number of nitrogens with two attached hydrogens (primary N) is 1. The Balaban J connectivity index is 2.58. The number of likely N-dealkylation sites (N-methyl/N-ethyl adjacent to an activating group) is 1. The molecule has 1 aromatic heterocycles. The first-order valence-electron chi connectivity index (χ1n) is 6.92. The van der Waals surface area contributed by atoms with E-state index in [4.69, 9.17) is 5.73 Å². The van der Waals surface area contributed by atoms with Crippen molar-refractivity contribution in [1.82, 2.24) is 9.80 Å². The summed E-state index contributed by atoms with van der Waals surface area (Å²) in [6.45, 7) is 6.85. The first-order valence-corrected chi connectivity index (χ1v) is 8.60. The molecule has 0 saturated heterocycles. The maximum Gasteiger partial charge on any atom is 0.224 e. The van der Waals surface area contributed by atoms with E-state index in [9.17, 15) is 4.79 Å². The maximum atomic E-state index is 12.2. The highest BCUT2D eigenvalue weighted by molar-refractivity contribution is 9.10. The molecule has 0 aliphatic heterocycles. The smallest absolute Gasteiger partial charge is 0.224 e. The zero-order chi connectivity index (χ0) is 15.1. The summed E-state index contributed by atoms with van der Waals surface area (Å²) in [5.41, 5.74) is 5.85. The van der Waals surface area contributed by atoms with Gasteiger partial charge in [-0.05, 0) is 42.9 Å². The molecule has 0 aliphatic carbocycles. The highest BCUT2D eigenvalue weighted by Crippen LogP contribution is 2.21. The van der Waals surface area contributed by atoms with Crippen LogP contribution < -0.4 is 5.73 Å². The van der Waals surface area contributed by atoms with Crippen molar-refractivity contribution in [3.8, 4) is 0 Å². The van der Waals surface area contributed by atoms with Crippen molar-refractivity contribution in [1.29, 1.82) is 0 Å². The van der Waals surface area contributed by atoms with E-state index >= 15 is 0 Å². The van der Waals surface area contributed by atoms with Gasteiger partial charge in [0.15, 0.2) is 0 Å². The standard InChI is InChI=1S/C14H24BrN3OS/c1-4-18(5-2)14(19)7-12(8-16)17(3)9-13-6-11(15)10-20-13/h6,10,12H,4-5,7-9,16H2,1-3H3. The molecule has 6 heteroatoms. The van der Waals surface area contributed by atoms with Crippen LogP contribution in [0.25, 0.3) is 0 Å². The van der Waals surface area contributed by atoms with E-state index in [-0.39, 0.29) is 11.9 Å². The molecule has 0 aliphatic rings. The summed E-state index contributed by atoms with van der Waals surface area (Å²) in [7, 11) is 2.03. The minimum Gasteiger partial charge on any atom is -0.343 e. The molecule has 0 radical (unpaired) electrons. The minimum atomic E-state index is 0.0870. The fourth-order valence-electron chi connectivity index (χ4n) is 2.14. The van der Waals surface area contributed by atoms with Crippen LogP contribution in [-0.4, -0.2) is 48.4 Å². The molecule has 1 heterocycles. The van der Waals surface area contributed by atoms with Crippen LogP contribution in [0.1, 0.15) is 25.1 Å². The van der Waals surface area contributed by atoms with Crippen molar-refractivity contribution >= 4 is 33.2 Å². The first kappa shape index (κ1) is 17.6. The third kappa shape index (κ3) is 5.16. The summed E-state index contributed by atoms with van der Waals surface area (Å²) in [6.07, 6.45) is 0.487. The Labute approximate surface area is 134 Å². The van der Waals surface area contributed by atoms with E-state index < -0.39 is 0 Å². The van der Waals surface area contributed by atoms with Crippen LogP contribution in [0.4, 0.5) is 0 Å². The van der Waals surface area contributed by atoms with Gasteiger partial charge in [-0.25, -0.2) is 0 Å². The van der Waals surface area contributed by atoms with Gasteiger partial charge in [-0.3, -0.25) is 9.69 Å². The summed E-state index contributed by atoms with van der Waals surface area (Å²) in [5.74, 6) is 0.185. The number of amides is 1. The Hall–Kier alpha value is -0.430. The predicted molar refractivity (Wildman–Crippen MR) is 88.9 cm³/mol. The first-order chi connectivity index (χ1) is 9.51. The lowest BCUT2D eigenvalue weighted by atomic mass is 10.1.